The second-order valence-electron chi connectivity index (χ2n) is 4.77. The largest absolute Gasteiger partial charge is 0.457 e. The first-order chi connectivity index (χ1) is 9.62. The fourth-order valence-corrected chi connectivity index (χ4v) is 2.39. The van der Waals surface area contributed by atoms with Crippen LogP contribution in [0.3, 0.4) is 0 Å². The van der Waals surface area contributed by atoms with Gasteiger partial charge in [0.1, 0.15) is 11.5 Å². The van der Waals surface area contributed by atoms with Gasteiger partial charge in [-0.05, 0) is 48.2 Å². The molecule has 0 radical (unpaired) electrons. The van der Waals surface area contributed by atoms with Crippen LogP contribution in [-0.4, -0.2) is 0 Å². The second kappa shape index (κ2) is 6.58. The van der Waals surface area contributed by atoms with Crippen molar-refractivity contribution >= 4 is 15.9 Å². The van der Waals surface area contributed by atoms with E-state index in [2.05, 4.69) is 48.0 Å². The van der Waals surface area contributed by atoms with E-state index in [1.165, 1.54) is 5.56 Å². The molecule has 2 aromatic carbocycles. The van der Waals surface area contributed by atoms with Crippen molar-refractivity contribution in [3.05, 3.63) is 58.1 Å². The molecule has 0 amide bonds. The molecule has 2 aromatic rings. The Morgan fingerprint density at radius 3 is 2.45 bits per heavy atom. The van der Waals surface area contributed by atoms with E-state index < -0.39 is 0 Å². The number of nitriles is 1. The quantitative estimate of drug-likeness (QED) is 0.728. The topological polar surface area (TPSA) is 33.0 Å². The predicted octanol–water partition coefficient (Wildman–Crippen LogP) is 5.63. The van der Waals surface area contributed by atoms with E-state index in [-0.39, 0.29) is 0 Å². The first kappa shape index (κ1) is 14.6. The summed E-state index contributed by atoms with van der Waals surface area (Å²) in [6.07, 6.45) is 1.12. The molecular weight excluding hydrogens is 314 g/mol. The fourth-order valence-electron chi connectivity index (χ4n) is 1.92. The van der Waals surface area contributed by atoms with E-state index in [0.29, 0.717) is 17.2 Å². The van der Waals surface area contributed by atoms with Crippen molar-refractivity contribution in [2.24, 2.45) is 0 Å². The molecule has 1 atom stereocenters. The molecule has 0 saturated heterocycles. The van der Waals surface area contributed by atoms with Crippen molar-refractivity contribution in [1.82, 2.24) is 0 Å². The third kappa shape index (κ3) is 3.61. The Morgan fingerprint density at radius 1 is 1.15 bits per heavy atom. The van der Waals surface area contributed by atoms with E-state index in [1.807, 2.05) is 18.2 Å². The Morgan fingerprint density at radius 2 is 1.85 bits per heavy atom. The highest BCUT2D eigenvalue weighted by Crippen LogP contribution is 2.28. The van der Waals surface area contributed by atoms with Gasteiger partial charge in [0, 0.05) is 4.47 Å². The van der Waals surface area contributed by atoms with Crippen molar-refractivity contribution in [3.8, 4) is 17.6 Å². The Bertz CT molecular complexity index is 628. The van der Waals surface area contributed by atoms with Crippen LogP contribution in [-0.2, 0) is 0 Å². The number of halogens is 1. The molecular formula is C17H16BrNO. The average Bonchev–Trinajstić information content (AvgIpc) is 2.46. The molecule has 20 heavy (non-hydrogen) atoms. The van der Waals surface area contributed by atoms with Crippen LogP contribution in [0.25, 0.3) is 0 Å². The molecule has 0 saturated carbocycles. The SMILES string of the molecule is CCC(C)c1ccc(Oc2cc(Br)cc(C#N)c2)cc1. The molecule has 0 aliphatic carbocycles. The molecule has 0 aliphatic heterocycles. The van der Waals surface area contributed by atoms with Crippen molar-refractivity contribution < 1.29 is 4.74 Å². The lowest BCUT2D eigenvalue weighted by atomic mass is 9.99. The predicted molar refractivity (Wildman–Crippen MR) is 84.1 cm³/mol. The van der Waals surface area contributed by atoms with Gasteiger partial charge < -0.3 is 4.74 Å². The summed E-state index contributed by atoms with van der Waals surface area (Å²) in [5.41, 5.74) is 1.89. The van der Waals surface area contributed by atoms with Crippen molar-refractivity contribution in [2.45, 2.75) is 26.2 Å². The highest BCUT2D eigenvalue weighted by molar-refractivity contribution is 9.10. The van der Waals surface area contributed by atoms with Crippen LogP contribution in [0.1, 0.15) is 37.3 Å². The smallest absolute Gasteiger partial charge is 0.129 e. The molecule has 2 rings (SSSR count). The summed E-state index contributed by atoms with van der Waals surface area (Å²) in [6, 6.07) is 15.6. The van der Waals surface area contributed by atoms with Crippen LogP contribution in [0.5, 0.6) is 11.5 Å². The number of ether oxygens (including phenoxy) is 1. The summed E-state index contributed by atoms with van der Waals surface area (Å²) in [6.45, 7) is 4.39. The van der Waals surface area contributed by atoms with E-state index in [0.717, 1.165) is 16.6 Å². The summed E-state index contributed by atoms with van der Waals surface area (Å²) < 4.78 is 6.62. The van der Waals surface area contributed by atoms with Gasteiger partial charge in [0.25, 0.3) is 0 Å². The maximum Gasteiger partial charge on any atom is 0.129 e. The van der Waals surface area contributed by atoms with Gasteiger partial charge in [0.15, 0.2) is 0 Å². The Kier molecular flexibility index (Phi) is 4.81. The van der Waals surface area contributed by atoms with Gasteiger partial charge in [0.2, 0.25) is 0 Å². The van der Waals surface area contributed by atoms with Crippen LogP contribution in [0, 0.1) is 11.3 Å². The lowest BCUT2D eigenvalue weighted by molar-refractivity contribution is 0.481. The molecule has 2 nitrogen and oxygen atoms in total. The Labute approximate surface area is 128 Å². The lowest BCUT2D eigenvalue weighted by Gasteiger charge is -2.11. The molecule has 0 N–H and O–H groups in total. The normalized spacial score (nSPS) is 11.7. The first-order valence-electron chi connectivity index (χ1n) is 6.61. The minimum absolute atomic E-state index is 0.556. The minimum Gasteiger partial charge on any atom is -0.457 e. The summed E-state index contributed by atoms with van der Waals surface area (Å²) in [5, 5.41) is 8.95. The highest BCUT2D eigenvalue weighted by atomic mass is 79.9. The average molecular weight is 330 g/mol. The number of nitrogens with zero attached hydrogens (tertiary/aromatic N) is 1. The zero-order valence-corrected chi connectivity index (χ0v) is 13.1. The molecule has 3 heteroatoms. The zero-order valence-electron chi connectivity index (χ0n) is 11.6. The number of hydrogen-bond acceptors (Lipinski definition) is 2. The van der Waals surface area contributed by atoms with E-state index in [1.54, 1.807) is 12.1 Å². The molecule has 1 unspecified atom stereocenters. The van der Waals surface area contributed by atoms with Crippen molar-refractivity contribution in [3.63, 3.8) is 0 Å². The van der Waals surface area contributed by atoms with Gasteiger partial charge in [-0.3, -0.25) is 0 Å². The second-order valence-corrected chi connectivity index (χ2v) is 5.68. The van der Waals surface area contributed by atoms with E-state index in [9.17, 15) is 0 Å². The van der Waals surface area contributed by atoms with E-state index >= 15 is 0 Å². The summed E-state index contributed by atoms with van der Waals surface area (Å²) in [4.78, 5) is 0. The maximum atomic E-state index is 8.95. The Balaban J connectivity index is 2.18. The first-order valence-corrected chi connectivity index (χ1v) is 7.40. The minimum atomic E-state index is 0.556. The van der Waals surface area contributed by atoms with Gasteiger partial charge >= 0.3 is 0 Å². The van der Waals surface area contributed by atoms with Gasteiger partial charge in [-0.15, -0.1) is 0 Å². The molecule has 0 aromatic heterocycles. The van der Waals surface area contributed by atoms with Crippen LogP contribution in [0.4, 0.5) is 0 Å². The summed E-state index contributed by atoms with van der Waals surface area (Å²) in [5.74, 6) is 1.99. The Hall–Kier alpha value is -1.79. The fraction of sp³-hybridized carbons (Fsp3) is 0.235. The highest BCUT2D eigenvalue weighted by Gasteiger charge is 2.05. The van der Waals surface area contributed by atoms with Gasteiger partial charge in [-0.2, -0.15) is 5.26 Å². The van der Waals surface area contributed by atoms with Gasteiger partial charge in [0.05, 0.1) is 11.6 Å². The molecule has 0 fully saturated rings. The molecule has 102 valence electrons. The summed E-state index contributed by atoms with van der Waals surface area (Å²) >= 11 is 3.38. The number of rotatable bonds is 4. The maximum absolute atomic E-state index is 8.95. The van der Waals surface area contributed by atoms with Gasteiger partial charge in [-0.25, -0.2) is 0 Å². The van der Waals surface area contributed by atoms with E-state index in [4.69, 9.17) is 10.00 Å². The molecule has 0 aliphatic rings. The van der Waals surface area contributed by atoms with Crippen LogP contribution < -0.4 is 4.74 Å². The molecule has 0 heterocycles. The van der Waals surface area contributed by atoms with Crippen LogP contribution >= 0.6 is 15.9 Å². The van der Waals surface area contributed by atoms with Crippen LogP contribution in [0.2, 0.25) is 0 Å². The standard InChI is InChI=1S/C17H16BrNO/c1-3-12(2)14-4-6-16(7-5-14)20-17-9-13(11-19)8-15(18)10-17/h4-10,12H,3H2,1-2H3. The van der Waals surface area contributed by atoms with Gasteiger partial charge in [-0.1, -0.05) is 41.9 Å². The molecule has 0 bridgehead atoms. The summed E-state index contributed by atoms with van der Waals surface area (Å²) in [7, 11) is 0. The van der Waals surface area contributed by atoms with Crippen LogP contribution in [0.15, 0.2) is 46.9 Å². The third-order valence-electron chi connectivity index (χ3n) is 3.30. The number of hydrogen-bond donors (Lipinski definition) is 0. The monoisotopic (exact) mass is 329 g/mol. The zero-order chi connectivity index (χ0) is 14.5. The third-order valence-corrected chi connectivity index (χ3v) is 3.76. The number of benzene rings is 2. The molecule has 0 spiro atoms. The van der Waals surface area contributed by atoms with Crippen molar-refractivity contribution in [2.75, 3.05) is 0 Å². The van der Waals surface area contributed by atoms with Crippen molar-refractivity contribution in [1.29, 1.82) is 5.26 Å². The lowest BCUT2D eigenvalue weighted by Crippen LogP contribution is -1.91.